The molecule has 0 aromatic heterocycles. The van der Waals surface area contributed by atoms with E-state index in [0.29, 0.717) is 0 Å². The Morgan fingerprint density at radius 3 is 1.18 bits per heavy atom. The molecule has 1 radical (unpaired) electrons. The summed E-state index contributed by atoms with van der Waals surface area (Å²) >= 11 is 0. The molecule has 61 valence electrons. The van der Waals surface area contributed by atoms with Crippen molar-refractivity contribution in [3.05, 3.63) is 0 Å². The molecular formula is C9H21BK. The summed E-state index contributed by atoms with van der Waals surface area (Å²) in [7, 11) is 0. The van der Waals surface area contributed by atoms with Gasteiger partial charge in [0.2, 0.25) is 0 Å². The van der Waals surface area contributed by atoms with E-state index in [0.717, 1.165) is 6.71 Å². The van der Waals surface area contributed by atoms with Gasteiger partial charge in [-0.2, -0.15) is 0 Å². The molecule has 0 amide bonds. The van der Waals surface area contributed by atoms with Crippen molar-refractivity contribution < 1.29 is 51.4 Å². The summed E-state index contributed by atoms with van der Waals surface area (Å²) < 4.78 is 0. The van der Waals surface area contributed by atoms with Crippen LogP contribution in [-0.4, -0.2) is 6.71 Å². The first kappa shape index (κ1) is 15.2. The van der Waals surface area contributed by atoms with Crippen molar-refractivity contribution in [2.75, 3.05) is 0 Å². The van der Waals surface area contributed by atoms with Gasteiger partial charge in [-0.15, -0.1) is 6.71 Å². The molecule has 0 atom stereocenters. The predicted octanol–water partition coefficient (Wildman–Crippen LogP) is 0.715. The Kier molecular flexibility index (Phi) is 16.2. The Hall–Kier alpha value is 1.70. The monoisotopic (exact) mass is 179 g/mol. The number of rotatable bonds is 6. The van der Waals surface area contributed by atoms with Crippen molar-refractivity contribution in [1.82, 2.24) is 0 Å². The smallest absolute Gasteiger partial charge is 0.209 e. The first-order valence-corrected chi connectivity index (χ1v) is 4.85. The Morgan fingerprint density at radius 2 is 1.00 bits per heavy atom. The molecule has 0 heterocycles. The third kappa shape index (κ3) is 9.62. The summed E-state index contributed by atoms with van der Waals surface area (Å²) in [6.07, 6.45) is 8.44. The van der Waals surface area contributed by atoms with E-state index in [1.165, 1.54) is 38.2 Å². The standard InChI is InChI=1S/C9H21B.K/c1-4-7-10(8-5-2)9-6-3;/h4-9H2,1-3H3;/q-1;+1. The van der Waals surface area contributed by atoms with Crippen LogP contribution >= 0.6 is 0 Å². The summed E-state index contributed by atoms with van der Waals surface area (Å²) in [4.78, 5) is 0. The van der Waals surface area contributed by atoms with Gasteiger partial charge in [0, 0.05) is 0 Å². The van der Waals surface area contributed by atoms with Crippen molar-refractivity contribution in [1.29, 1.82) is 0 Å². The Labute approximate surface area is 115 Å². The van der Waals surface area contributed by atoms with Gasteiger partial charge in [-0.1, -0.05) is 40.0 Å². The van der Waals surface area contributed by atoms with E-state index in [2.05, 4.69) is 20.8 Å². The van der Waals surface area contributed by atoms with E-state index >= 15 is 0 Å². The molecule has 0 aliphatic carbocycles. The summed E-state index contributed by atoms with van der Waals surface area (Å²) in [5, 5.41) is 0. The topological polar surface area (TPSA) is 0 Å². The third-order valence-corrected chi connectivity index (χ3v) is 2.09. The first-order valence-electron chi connectivity index (χ1n) is 4.85. The van der Waals surface area contributed by atoms with Crippen LogP contribution in [0.5, 0.6) is 0 Å². The average Bonchev–Trinajstić information content (AvgIpc) is 1.90. The van der Waals surface area contributed by atoms with Gasteiger partial charge < -0.3 is 0 Å². The molecule has 0 N–H and O–H groups in total. The largest absolute Gasteiger partial charge is 1.00 e. The molecule has 0 aliphatic heterocycles. The fraction of sp³-hybridized carbons (Fsp3) is 1.00. The van der Waals surface area contributed by atoms with Crippen molar-refractivity contribution in [3.63, 3.8) is 0 Å². The van der Waals surface area contributed by atoms with Crippen molar-refractivity contribution in [3.8, 4) is 0 Å². The normalized spacial score (nSPS) is 9.82. The molecular weight excluding hydrogens is 158 g/mol. The maximum atomic E-state index is 2.29. The molecule has 0 unspecified atom stereocenters. The molecule has 0 rings (SSSR count). The molecule has 0 saturated carbocycles. The zero-order valence-corrected chi connectivity index (χ0v) is 11.9. The molecule has 0 bridgehead atoms. The van der Waals surface area contributed by atoms with E-state index in [1.807, 2.05) is 0 Å². The van der Waals surface area contributed by atoms with Gasteiger partial charge in [0.15, 0.2) is 0 Å². The first-order chi connectivity index (χ1) is 4.85. The van der Waals surface area contributed by atoms with E-state index < -0.39 is 0 Å². The van der Waals surface area contributed by atoms with Crippen LogP contribution in [0.15, 0.2) is 0 Å². The summed E-state index contributed by atoms with van der Waals surface area (Å²) in [5.74, 6) is 0. The minimum atomic E-state index is 0. The van der Waals surface area contributed by atoms with E-state index in [9.17, 15) is 0 Å². The van der Waals surface area contributed by atoms with Gasteiger partial charge >= 0.3 is 51.4 Å². The predicted molar refractivity (Wildman–Crippen MR) is 51.0 cm³/mol. The number of hydrogen-bond acceptors (Lipinski definition) is 0. The summed E-state index contributed by atoms with van der Waals surface area (Å²) in [6, 6.07) is 0. The van der Waals surface area contributed by atoms with Crippen LogP contribution in [-0.2, 0) is 0 Å². The Morgan fingerprint density at radius 1 is 0.727 bits per heavy atom. The average molecular weight is 179 g/mol. The molecule has 2 heteroatoms. The van der Waals surface area contributed by atoms with Crippen molar-refractivity contribution in [2.45, 2.75) is 59.0 Å². The fourth-order valence-electron chi connectivity index (χ4n) is 1.66. The van der Waals surface area contributed by atoms with Crippen LogP contribution in [0.25, 0.3) is 0 Å². The molecule has 0 saturated heterocycles. The second kappa shape index (κ2) is 11.7. The minimum Gasteiger partial charge on any atom is -0.209 e. The summed E-state index contributed by atoms with van der Waals surface area (Å²) in [6.45, 7) is 7.90. The molecule has 0 fully saturated rings. The van der Waals surface area contributed by atoms with E-state index in [1.54, 1.807) is 0 Å². The van der Waals surface area contributed by atoms with Crippen molar-refractivity contribution >= 4 is 6.71 Å². The van der Waals surface area contributed by atoms with E-state index in [-0.39, 0.29) is 51.4 Å². The Bertz CT molecular complexity index is 52.3. The second-order valence-corrected chi connectivity index (χ2v) is 3.23. The molecule has 11 heavy (non-hydrogen) atoms. The van der Waals surface area contributed by atoms with Crippen LogP contribution in [0, 0.1) is 0 Å². The van der Waals surface area contributed by atoms with Gasteiger partial charge in [-0.05, 0) is 0 Å². The van der Waals surface area contributed by atoms with Crippen LogP contribution < -0.4 is 51.4 Å². The minimum absolute atomic E-state index is 0. The molecule has 0 aromatic rings. The second-order valence-electron chi connectivity index (χ2n) is 3.23. The maximum Gasteiger partial charge on any atom is 1.00 e. The molecule has 0 aromatic carbocycles. The Balaban J connectivity index is 0. The number of hydrogen-bond donors (Lipinski definition) is 0. The molecule has 0 aliphatic rings. The van der Waals surface area contributed by atoms with Gasteiger partial charge in [0.25, 0.3) is 0 Å². The SMILES string of the molecule is CCC[B-](CCC)CCC.[K+]. The van der Waals surface area contributed by atoms with Crippen LogP contribution in [0.3, 0.4) is 0 Å². The fourth-order valence-corrected chi connectivity index (χ4v) is 1.66. The van der Waals surface area contributed by atoms with E-state index in [4.69, 9.17) is 0 Å². The van der Waals surface area contributed by atoms with Gasteiger partial charge in [-0.25, -0.2) is 19.0 Å². The third-order valence-electron chi connectivity index (χ3n) is 2.09. The maximum absolute atomic E-state index is 2.29. The van der Waals surface area contributed by atoms with Gasteiger partial charge in [0.1, 0.15) is 0 Å². The van der Waals surface area contributed by atoms with Crippen LogP contribution in [0.4, 0.5) is 0 Å². The molecule has 0 nitrogen and oxygen atoms in total. The van der Waals surface area contributed by atoms with Crippen LogP contribution in [0.2, 0.25) is 19.0 Å². The quantitative estimate of drug-likeness (QED) is 0.527. The van der Waals surface area contributed by atoms with Crippen LogP contribution in [0.1, 0.15) is 40.0 Å². The zero-order valence-electron chi connectivity index (χ0n) is 8.82. The van der Waals surface area contributed by atoms with Gasteiger partial charge in [-0.3, -0.25) is 0 Å². The summed E-state index contributed by atoms with van der Waals surface area (Å²) in [5.41, 5.74) is 0. The zero-order chi connectivity index (χ0) is 7.82. The molecule has 0 spiro atoms. The van der Waals surface area contributed by atoms with Crippen molar-refractivity contribution in [2.24, 2.45) is 0 Å². The van der Waals surface area contributed by atoms with Gasteiger partial charge in [0.05, 0.1) is 0 Å².